The fraction of sp³-hybridized carbons (Fsp3) is 0.500. The number of hydrogen-bond donors (Lipinski definition) is 2. The zero-order valence-electron chi connectivity index (χ0n) is 8.92. The number of nitrogens with one attached hydrogen (secondary N) is 1. The van der Waals surface area contributed by atoms with Gasteiger partial charge in [0.25, 0.3) is 0 Å². The standard InChI is InChI=1S/C12H15Br2NO/c13-11-2-1-8(5-12(11)14)6-15-7-9-3-10(16)4-9/h1-2,5,9-10,15-16H,3-4,6-7H2. The Morgan fingerprint density at radius 1 is 1.25 bits per heavy atom. The Morgan fingerprint density at radius 3 is 2.62 bits per heavy atom. The molecule has 0 aromatic heterocycles. The Kier molecular flexibility index (Phi) is 4.41. The van der Waals surface area contributed by atoms with Crippen molar-refractivity contribution in [2.45, 2.75) is 25.5 Å². The maximum atomic E-state index is 9.16. The predicted octanol–water partition coefficient (Wildman–Crippen LogP) is 3.07. The Labute approximate surface area is 113 Å². The van der Waals surface area contributed by atoms with Crippen LogP contribution in [0.25, 0.3) is 0 Å². The summed E-state index contributed by atoms with van der Waals surface area (Å²) < 4.78 is 2.17. The molecule has 1 aliphatic carbocycles. The Morgan fingerprint density at radius 2 is 2.00 bits per heavy atom. The van der Waals surface area contributed by atoms with Crippen LogP contribution < -0.4 is 5.32 Å². The molecule has 0 unspecified atom stereocenters. The van der Waals surface area contributed by atoms with Crippen LogP contribution in [0.5, 0.6) is 0 Å². The lowest BCUT2D eigenvalue weighted by Gasteiger charge is -2.31. The summed E-state index contributed by atoms with van der Waals surface area (Å²) >= 11 is 6.94. The summed E-state index contributed by atoms with van der Waals surface area (Å²) in [6.07, 6.45) is 1.86. The molecule has 0 aliphatic heterocycles. The lowest BCUT2D eigenvalue weighted by molar-refractivity contribution is 0.0430. The smallest absolute Gasteiger partial charge is 0.0546 e. The van der Waals surface area contributed by atoms with E-state index >= 15 is 0 Å². The highest BCUT2D eigenvalue weighted by Crippen LogP contribution is 2.26. The fourth-order valence-corrected chi connectivity index (χ4v) is 2.61. The number of aliphatic hydroxyl groups excluding tert-OH is 1. The number of hydrogen-bond acceptors (Lipinski definition) is 2. The zero-order chi connectivity index (χ0) is 11.5. The summed E-state index contributed by atoms with van der Waals surface area (Å²) in [5.41, 5.74) is 1.27. The molecule has 2 nitrogen and oxygen atoms in total. The van der Waals surface area contributed by atoms with Crippen molar-refractivity contribution in [2.75, 3.05) is 6.54 Å². The normalized spacial score (nSPS) is 24.2. The van der Waals surface area contributed by atoms with Crippen LogP contribution in [-0.4, -0.2) is 17.8 Å². The minimum absolute atomic E-state index is 0.0476. The SMILES string of the molecule is OC1CC(CNCc2ccc(Br)c(Br)c2)C1. The van der Waals surface area contributed by atoms with E-state index in [0.717, 1.165) is 34.9 Å². The minimum atomic E-state index is -0.0476. The van der Waals surface area contributed by atoms with Gasteiger partial charge in [-0.15, -0.1) is 0 Å². The molecule has 2 rings (SSSR count). The fourth-order valence-electron chi connectivity index (χ4n) is 1.94. The molecule has 0 heterocycles. The first-order valence-corrected chi connectivity index (χ1v) is 7.06. The van der Waals surface area contributed by atoms with E-state index in [4.69, 9.17) is 5.11 Å². The quantitative estimate of drug-likeness (QED) is 0.876. The van der Waals surface area contributed by atoms with Gasteiger partial charge in [0.05, 0.1) is 6.10 Å². The highest BCUT2D eigenvalue weighted by Gasteiger charge is 2.26. The van der Waals surface area contributed by atoms with E-state index in [2.05, 4.69) is 49.3 Å². The van der Waals surface area contributed by atoms with Gasteiger partial charge in [0.1, 0.15) is 0 Å². The Hall–Kier alpha value is 0.1000. The third kappa shape index (κ3) is 3.29. The molecule has 0 amide bonds. The van der Waals surface area contributed by atoms with Gasteiger partial charge < -0.3 is 10.4 Å². The Balaban J connectivity index is 1.74. The van der Waals surface area contributed by atoms with Crippen molar-refractivity contribution in [3.8, 4) is 0 Å². The van der Waals surface area contributed by atoms with E-state index in [9.17, 15) is 0 Å². The van der Waals surface area contributed by atoms with Gasteiger partial charge in [-0.3, -0.25) is 0 Å². The molecule has 88 valence electrons. The summed E-state index contributed by atoms with van der Waals surface area (Å²) in [5, 5.41) is 12.6. The number of benzene rings is 1. The summed E-state index contributed by atoms with van der Waals surface area (Å²) in [7, 11) is 0. The van der Waals surface area contributed by atoms with E-state index in [-0.39, 0.29) is 6.10 Å². The van der Waals surface area contributed by atoms with Crippen molar-refractivity contribution >= 4 is 31.9 Å². The minimum Gasteiger partial charge on any atom is -0.393 e. The summed E-state index contributed by atoms with van der Waals surface area (Å²) in [4.78, 5) is 0. The molecule has 1 aromatic carbocycles. The third-order valence-corrected chi connectivity index (χ3v) is 4.84. The van der Waals surface area contributed by atoms with Crippen molar-refractivity contribution in [1.82, 2.24) is 5.32 Å². The molecule has 1 fully saturated rings. The second-order valence-corrected chi connectivity index (χ2v) is 6.08. The van der Waals surface area contributed by atoms with Crippen LogP contribution in [0.1, 0.15) is 18.4 Å². The topological polar surface area (TPSA) is 32.3 Å². The average molecular weight is 349 g/mol. The van der Waals surface area contributed by atoms with Crippen LogP contribution in [0.4, 0.5) is 0 Å². The highest BCUT2D eigenvalue weighted by atomic mass is 79.9. The van der Waals surface area contributed by atoms with Crippen LogP contribution in [0.3, 0.4) is 0 Å². The van der Waals surface area contributed by atoms with E-state index in [1.165, 1.54) is 5.56 Å². The summed E-state index contributed by atoms with van der Waals surface area (Å²) in [6, 6.07) is 6.28. The maximum Gasteiger partial charge on any atom is 0.0546 e. The van der Waals surface area contributed by atoms with Crippen molar-refractivity contribution in [2.24, 2.45) is 5.92 Å². The van der Waals surface area contributed by atoms with Gasteiger partial charge in [-0.2, -0.15) is 0 Å². The van der Waals surface area contributed by atoms with Crippen LogP contribution in [0, 0.1) is 5.92 Å². The second-order valence-electron chi connectivity index (χ2n) is 4.37. The molecule has 0 radical (unpaired) electrons. The molecule has 0 spiro atoms. The highest BCUT2D eigenvalue weighted by molar-refractivity contribution is 9.13. The van der Waals surface area contributed by atoms with Gasteiger partial charge in [-0.25, -0.2) is 0 Å². The molecule has 4 heteroatoms. The molecule has 1 saturated carbocycles. The molecular weight excluding hydrogens is 334 g/mol. The van der Waals surface area contributed by atoms with E-state index in [1.54, 1.807) is 0 Å². The van der Waals surface area contributed by atoms with Crippen LogP contribution in [-0.2, 0) is 6.54 Å². The summed E-state index contributed by atoms with van der Waals surface area (Å²) in [6.45, 7) is 1.89. The largest absolute Gasteiger partial charge is 0.393 e. The Bertz CT molecular complexity index is 364. The van der Waals surface area contributed by atoms with Gasteiger partial charge in [0, 0.05) is 15.5 Å². The van der Waals surface area contributed by atoms with Gasteiger partial charge in [0.15, 0.2) is 0 Å². The van der Waals surface area contributed by atoms with Gasteiger partial charge in [0.2, 0.25) is 0 Å². The van der Waals surface area contributed by atoms with Crippen molar-refractivity contribution < 1.29 is 5.11 Å². The molecular formula is C12H15Br2NO. The van der Waals surface area contributed by atoms with Crippen molar-refractivity contribution in [3.05, 3.63) is 32.7 Å². The van der Waals surface area contributed by atoms with Gasteiger partial charge >= 0.3 is 0 Å². The van der Waals surface area contributed by atoms with E-state index in [0.29, 0.717) is 5.92 Å². The first-order chi connectivity index (χ1) is 7.65. The first-order valence-electron chi connectivity index (χ1n) is 5.48. The average Bonchev–Trinajstić information content (AvgIpc) is 2.21. The lowest BCUT2D eigenvalue weighted by Crippen LogP contribution is -2.35. The number of aliphatic hydroxyl groups is 1. The molecule has 0 atom stereocenters. The van der Waals surface area contributed by atoms with E-state index in [1.807, 2.05) is 6.07 Å². The van der Waals surface area contributed by atoms with Gasteiger partial charge in [-0.05, 0) is 74.9 Å². The second kappa shape index (κ2) is 5.63. The maximum absolute atomic E-state index is 9.16. The number of rotatable bonds is 4. The first kappa shape index (κ1) is 12.6. The number of halogens is 2. The monoisotopic (exact) mass is 347 g/mol. The van der Waals surface area contributed by atoms with Crippen molar-refractivity contribution in [3.63, 3.8) is 0 Å². The molecule has 1 aliphatic rings. The molecule has 16 heavy (non-hydrogen) atoms. The van der Waals surface area contributed by atoms with Gasteiger partial charge in [-0.1, -0.05) is 6.07 Å². The van der Waals surface area contributed by atoms with Crippen LogP contribution in [0.15, 0.2) is 27.1 Å². The summed E-state index contributed by atoms with van der Waals surface area (Å²) in [5.74, 6) is 0.661. The zero-order valence-corrected chi connectivity index (χ0v) is 12.1. The molecule has 2 N–H and O–H groups in total. The predicted molar refractivity (Wildman–Crippen MR) is 72.3 cm³/mol. The molecule has 0 saturated heterocycles. The molecule has 0 bridgehead atoms. The van der Waals surface area contributed by atoms with Crippen LogP contribution >= 0.6 is 31.9 Å². The molecule has 1 aromatic rings. The lowest BCUT2D eigenvalue weighted by atomic mass is 9.82. The van der Waals surface area contributed by atoms with E-state index < -0.39 is 0 Å². The van der Waals surface area contributed by atoms with Crippen LogP contribution in [0.2, 0.25) is 0 Å². The third-order valence-electron chi connectivity index (χ3n) is 2.96. The van der Waals surface area contributed by atoms with Crippen molar-refractivity contribution in [1.29, 1.82) is 0 Å².